The van der Waals surface area contributed by atoms with Crippen LogP contribution in [0.15, 0.2) is 4.99 Å². The summed E-state index contributed by atoms with van der Waals surface area (Å²) in [6.07, 6.45) is 1.33. The summed E-state index contributed by atoms with van der Waals surface area (Å²) in [5, 5.41) is 22.9. The molecule has 5 N–H and O–H groups in total. The van der Waals surface area contributed by atoms with Gasteiger partial charge in [0.25, 0.3) is 0 Å². The number of nitrogens with one attached hydrogen (secondary N) is 3. The van der Waals surface area contributed by atoms with Gasteiger partial charge in [0.2, 0.25) is 0 Å². The highest BCUT2D eigenvalue weighted by Gasteiger charge is 1.90. The third-order valence-corrected chi connectivity index (χ3v) is 1.53. The molecule has 0 bridgehead atoms. The SMILES string of the molecule is OCC=NC(=S)NCCNCCNO. The number of aliphatic hydroxyl groups excluding tert-OH is 1. The van der Waals surface area contributed by atoms with Crippen molar-refractivity contribution in [3.8, 4) is 0 Å². The smallest absolute Gasteiger partial charge is 0.192 e. The molecule has 0 aliphatic carbocycles. The number of hydroxylamine groups is 1. The number of aliphatic imine (C=N–C) groups is 1. The Labute approximate surface area is 88.4 Å². The lowest BCUT2D eigenvalue weighted by Gasteiger charge is -2.05. The molecule has 0 fully saturated rings. The molecule has 0 unspecified atom stereocenters. The van der Waals surface area contributed by atoms with E-state index in [4.69, 9.17) is 22.5 Å². The second-order valence-corrected chi connectivity index (χ2v) is 2.77. The van der Waals surface area contributed by atoms with Gasteiger partial charge >= 0.3 is 0 Å². The van der Waals surface area contributed by atoms with Crippen molar-refractivity contribution >= 4 is 23.5 Å². The predicted molar refractivity (Wildman–Crippen MR) is 58.8 cm³/mol. The number of hydrogen-bond acceptors (Lipinski definition) is 5. The van der Waals surface area contributed by atoms with Crippen molar-refractivity contribution in [3.05, 3.63) is 0 Å². The highest BCUT2D eigenvalue weighted by Crippen LogP contribution is 1.72. The summed E-state index contributed by atoms with van der Waals surface area (Å²) in [6.45, 7) is 2.48. The Hall–Kier alpha value is -0.600. The second kappa shape index (κ2) is 10.5. The molecule has 0 radical (unpaired) electrons. The first-order valence-electron chi connectivity index (χ1n) is 4.30. The Bertz CT molecular complexity index is 177. The van der Waals surface area contributed by atoms with Crippen molar-refractivity contribution in [2.24, 2.45) is 4.99 Å². The molecule has 0 spiro atoms. The van der Waals surface area contributed by atoms with Gasteiger partial charge in [-0.05, 0) is 12.2 Å². The minimum absolute atomic E-state index is 0.109. The minimum Gasteiger partial charge on any atom is -0.391 e. The first kappa shape index (κ1) is 13.4. The van der Waals surface area contributed by atoms with Crippen molar-refractivity contribution in [3.63, 3.8) is 0 Å². The fourth-order valence-corrected chi connectivity index (χ4v) is 0.873. The minimum atomic E-state index is -0.109. The van der Waals surface area contributed by atoms with E-state index in [0.29, 0.717) is 24.7 Å². The van der Waals surface area contributed by atoms with Gasteiger partial charge in [-0.25, -0.2) is 10.5 Å². The van der Waals surface area contributed by atoms with Gasteiger partial charge in [0, 0.05) is 32.4 Å². The molecular weight excluding hydrogens is 204 g/mol. The van der Waals surface area contributed by atoms with Crippen LogP contribution >= 0.6 is 12.2 Å². The van der Waals surface area contributed by atoms with Gasteiger partial charge < -0.3 is 20.9 Å². The molecule has 7 heteroatoms. The molecule has 0 aliphatic rings. The van der Waals surface area contributed by atoms with E-state index in [0.717, 1.165) is 6.54 Å². The molecule has 82 valence electrons. The summed E-state index contributed by atoms with van der Waals surface area (Å²) in [7, 11) is 0. The predicted octanol–water partition coefficient (Wildman–Crippen LogP) is -1.51. The number of rotatable bonds is 7. The van der Waals surface area contributed by atoms with Crippen LogP contribution in [0.3, 0.4) is 0 Å². The molecule has 0 aliphatic heterocycles. The molecule has 6 nitrogen and oxygen atoms in total. The van der Waals surface area contributed by atoms with E-state index in [1.807, 2.05) is 5.48 Å². The van der Waals surface area contributed by atoms with Crippen LogP contribution < -0.4 is 16.1 Å². The Morgan fingerprint density at radius 1 is 1.29 bits per heavy atom. The maximum absolute atomic E-state index is 8.40. The van der Waals surface area contributed by atoms with Gasteiger partial charge in [-0.3, -0.25) is 0 Å². The number of thiocarbonyl (C=S) groups is 1. The van der Waals surface area contributed by atoms with Crippen molar-refractivity contribution in [1.82, 2.24) is 16.1 Å². The first-order chi connectivity index (χ1) is 6.81. The molecule has 0 saturated heterocycles. The van der Waals surface area contributed by atoms with Gasteiger partial charge in [-0.1, -0.05) is 0 Å². The normalized spacial score (nSPS) is 10.7. The van der Waals surface area contributed by atoms with Crippen LogP contribution in [0.2, 0.25) is 0 Å². The molecule has 0 heterocycles. The Morgan fingerprint density at radius 2 is 2.00 bits per heavy atom. The van der Waals surface area contributed by atoms with Crippen molar-refractivity contribution in [2.45, 2.75) is 0 Å². The van der Waals surface area contributed by atoms with Gasteiger partial charge in [0.05, 0.1) is 6.61 Å². The zero-order valence-electron chi connectivity index (χ0n) is 7.86. The van der Waals surface area contributed by atoms with Crippen LogP contribution in [0, 0.1) is 0 Å². The summed E-state index contributed by atoms with van der Waals surface area (Å²) < 4.78 is 0. The molecule has 0 aromatic carbocycles. The Balaban J connectivity index is 3.19. The summed E-state index contributed by atoms with van der Waals surface area (Å²) >= 11 is 4.82. The zero-order valence-corrected chi connectivity index (χ0v) is 8.68. The molecule has 0 saturated carbocycles. The van der Waals surface area contributed by atoms with Gasteiger partial charge in [-0.15, -0.1) is 0 Å². The summed E-state index contributed by atoms with van der Waals surface area (Å²) in [5.41, 5.74) is 2.04. The zero-order chi connectivity index (χ0) is 10.6. The van der Waals surface area contributed by atoms with Gasteiger partial charge in [0.1, 0.15) is 0 Å². The largest absolute Gasteiger partial charge is 0.391 e. The summed E-state index contributed by atoms with van der Waals surface area (Å²) in [4.78, 5) is 3.74. The molecular formula is C7H16N4O2S. The van der Waals surface area contributed by atoms with Gasteiger partial charge in [0.15, 0.2) is 5.11 Å². The van der Waals surface area contributed by atoms with Gasteiger partial charge in [-0.2, -0.15) is 0 Å². The van der Waals surface area contributed by atoms with Crippen LogP contribution in [0.25, 0.3) is 0 Å². The highest BCUT2D eigenvalue weighted by atomic mass is 32.1. The third kappa shape index (κ3) is 9.49. The average molecular weight is 220 g/mol. The quantitative estimate of drug-likeness (QED) is 0.155. The van der Waals surface area contributed by atoms with E-state index in [2.05, 4.69) is 15.6 Å². The Morgan fingerprint density at radius 3 is 2.64 bits per heavy atom. The monoisotopic (exact) mass is 220 g/mol. The van der Waals surface area contributed by atoms with Crippen LogP contribution in [-0.2, 0) is 0 Å². The van der Waals surface area contributed by atoms with E-state index in [9.17, 15) is 0 Å². The van der Waals surface area contributed by atoms with Crippen LogP contribution in [0.1, 0.15) is 0 Å². The second-order valence-electron chi connectivity index (χ2n) is 2.38. The summed E-state index contributed by atoms with van der Waals surface area (Å²) in [5.74, 6) is 0. The topological polar surface area (TPSA) is 88.9 Å². The van der Waals surface area contributed by atoms with Crippen molar-refractivity contribution in [2.75, 3.05) is 32.8 Å². The fourth-order valence-electron chi connectivity index (χ4n) is 0.696. The molecule has 0 amide bonds. The van der Waals surface area contributed by atoms with Crippen LogP contribution in [-0.4, -0.2) is 54.4 Å². The lowest BCUT2D eigenvalue weighted by molar-refractivity contribution is 0.167. The average Bonchev–Trinajstić information content (AvgIpc) is 2.20. The van der Waals surface area contributed by atoms with E-state index in [-0.39, 0.29) is 6.61 Å². The van der Waals surface area contributed by atoms with Crippen molar-refractivity contribution < 1.29 is 10.3 Å². The van der Waals surface area contributed by atoms with E-state index in [1.165, 1.54) is 6.21 Å². The molecule has 14 heavy (non-hydrogen) atoms. The number of aliphatic hydroxyl groups is 1. The molecule has 0 atom stereocenters. The highest BCUT2D eigenvalue weighted by molar-refractivity contribution is 7.80. The van der Waals surface area contributed by atoms with E-state index >= 15 is 0 Å². The van der Waals surface area contributed by atoms with Crippen LogP contribution in [0.5, 0.6) is 0 Å². The number of hydrogen-bond donors (Lipinski definition) is 5. The maximum Gasteiger partial charge on any atom is 0.192 e. The standard InChI is InChI=1S/C7H16N4O2S/c12-6-5-10-7(14)9-3-1-8-2-4-11-13/h5,8,11-13H,1-4,6H2,(H,9,14). The van der Waals surface area contributed by atoms with Crippen molar-refractivity contribution in [1.29, 1.82) is 0 Å². The lowest BCUT2D eigenvalue weighted by atomic mass is 10.5. The first-order valence-corrected chi connectivity index (χ1v) is 4.71. The molecule has 0 aromatic heterocycles. The van der Waals surface area contributed by atoms with E-state index < -0.39 is 0 Å². The fraction of sp³-hybridized carbons (Fsp3) is 0.714. The third-order valence-electron chi connectivity index (χ3n) is 1.28. The lowest BCUT2D eigenvalue weighted by Crippen LogP contribution is -2.33. The Kier molecular flexibility index (Phi) is 10.0. The molecule has 0 rings (SSSR count). The summed E-state index contributed by atoms with van der Waals surface area (Å²) in [6, 6.07) is 0. The maximum atomic E-state index is 8.40. The number of nitrogens with zero attached hydrogens (tertiary/aromatic N) is 1. The molecule has 0 aromatic rings. The van der Waals surface area contributed by atoms with E-state index in [1.54, 1.807) is 0 Å². The van der Waals surface area contributed by atoms with Crippen LogP contribution in [0.4, 0.5) is 0 Å².